The van der Waals surface area contributed by atoms with Crippen LogP contribution < -0.4 is 9.47 Å². The number of rotatable bonds is 9. The third-order valence-corrected chi connectivity index (χ3v) is 6.13. The number of carbonyl (C=O) groups is 1. The van der Waals surface area contributed by atoms with Crippen molar-refractivity contribution < 1.29 is 19.2 Å². The smallest absolute Gasteiger partial charge is 0.269 e. The summed E-state index contributed by atoms with van der Waals surface area (Å²) in [5.74, 6) is 0.646. The minimum absolute atomic E-state index is 0.0150. The van der Waals surface area contributed by atoms with E-state index in [1.54, 1.807) is 35.2 Å². The second-order valence-electron chi connectivity index (χ2n) is 8.36. The lowest BCUT2D eigenvalue weighted by molar-refractivity contribution is -0.384. The number of hydrogen-bond donors (Lipinski definition) is 0. The highest BCUT2D eigenvalue weighted by atomic mass is 35.5. The first-order chi connectivity index (χ1) is 16.6. The third-order valence-electron chi connectivity index (χ3n) is 4.86. The Hall–Kier alpha value is -3.04. The van der Waals surface area contributed by atoms with E-state index in [0.717, 1.165) is 0 Å². The number of aliphatic imine (C=N–C) groups is 1. The van der Waals surface area contributed by atoms with Crippen molar-refractivity contribution in [1.82, 2.24) is 4.90 Å². The molecule has 1 fully saturated rings. The molecule has 8 nitrogen and oxygen atoms in total. The van der Waals surface area contributed by atoms with Gasteiger partial charge in [0.05, 0.1) is 21.5 Å². The standard InChI is InChI=1S/C25H28ClN3O5S/c1-6-33-21-12-18(13-22-24(30)28(16(4)5)25(35-22)27-15(2)3)11-20(26)23(21)34-14-17-8-7-9-19(10-17)29(31)32/h7-13,15-16H,6,14H2,1-5H3/b22-13+,27-25?. The number of benzene rings is 2. The van der Waals surface area contributed by atoms with Crippen LogP contribution in [0.3, 0.4) is 0 Å². The van der Waals surface area contributed by atoms with Gasteiger partial charge in [0.15, 0.2) is 16.7 Å². The van der Waals surface area contributed by atoms with Gasteiger partial charge >= 0.3 is 0 Å². The largest absolute Gasteiger partial charge is 0.490 e. The van der Waals surface area contributed by atoms with E-state index in [9.17, 15) is 14.9 Å². The van der Waals surface area contributed by atoms with Gasteiger partial charge in [-0.1, -0.05) is 23.7 Å². The predicted molar refractivity (Wildman–Crippen MR) is 140 cm³/mol. The molecule has 0 atom stereocenters. The molecular weight excluding hydrogens is 490 g/mol. The highest BCUT2D eigenvalue weighted by molar-refractivity contribution is 8.18. The number of amides is 1. The van der Waals surface area contributed by atoms with Crippen molar-refractivity contribution in [3.8, 4) is 11.5 Å². The second-order valence-corrected chi connectivity index (χ2v) is 9.78. The van der Waals surface area contributed by atoms with Gasteiger partial charge in [0, 0.05) is 24.2 Å². The Balaban J connectivity index is 1.90. The third kappa shape index (κ3) is 6.55. The summed E-state index contributed by atoms with van der Waals surface area (Å²) >= 11 is 7.88. The van der Waals surface area contributed by atoms with Crippen molar-refractivity contribution >= 4 is 46.2 Å². The van der Waals surface area contributed by atoms with Crippen LogP contribution in [-0.4, -0.2) is 39.6 Å². The van der Waals surface area contributed by atoms with Crippen molar-refractivity contribution in [2.24, 2.45) is 4.99 Å². The molecule has 2 aromatic carbocycles. The van der Waals surface area contributed by atoms with Gasteiger partial charge in [0.2, 0.25) is 0 Å². The molecule has 0 saturated carbocycles. The maximum atomic E-state index is 13.1. The molecule has 0 unspecified atom stereocenters. The zero-order valence-electron chi connectivity index (χ0n) is 20.3. The van der Waals surface area contributed by atoms with Gasteiger partial charge in [-0.15, -0.1) is 0 Å². The average Bonchev–Trinajstić information content (AvgIpc) is 3.07. The van der Waals surface area contributed by atoms with Crippen LogP contribution in [0.25, 0.3) is 6.08 Å². The van der Waals surface area contributed by atoms with E-state index in [1.807, 2.05) is 34.6 Å². The van der Waals surface area contributed by atoms with Crippen LogP contribution in [0.15, 0.2) is 46.3 Å². The quantitative estimate of drug-likeness (QED) is 0.219. The highest BCUT2D eigenvalue weighted by Gasteiger charge is 2.35. The number of ether oxygens (including phenoxy) is 2. The van der Waals surface area contributed by atoms with E-state index in [-0.39, 0.29) is 30.3 Å². The Labute approximate surface area is 214 Å². The molecular formula is C25H28ClN3O5S. The molecule has 1 aliphatic heterocycles. The van der Waals surface area contributed by atoms with Crippen molar-refractivity contribution in [3.05, 3.63) is 67.6 Å². The van der Waals surface area contributed by atoms with Crippen molar-refractivity contribution in [2.45, 2.75) is 53.3 Å². The Bertz CT molecular complexity index is 1180. The topological polar surface area (TPSA) is 94.3 Å². The summed E-state index contributed by atoms with van der Waals surface area (Å²) < 4.78 is 11.7. The molecule has 1 aliphatic rings. The van der Waals surface area contributed by atoms with Gasteiger partial charge in [0.25, 0.3) is 11.6 Å². The highest BCUT2D eigenvalue weighted by Crippen LogP contribution is 2.40. The number of amidine groups is 1. The number of hydrogen-bond acceptors (Lipinski definition) is 7. The Morgan fingerprint density at radius 1 is 1.20 bits per heavy atom. The fourth-order valence-corrected chi connectivity index (χ4v) is 4.90. The van der Waals surface area contributed by atoms with Crippen LogP contribution in [0, 0.1) is 10.1 Å². The monoisotopic (exact) mass is 517 g/mol. The lowest BCUT2D eigenvalue weighted by Crippen LogP contribution is -2.35. The number of nitro benzene ring substituents is 1. The Morgan fingerprint density at radius 2 is 1.94 bits per heavy atom. The molecule has 0 bridgehead atoms. The first-order valence-electron chi connectivity index (χ1n) is 11.2. The minimum atomic E-state index is -0.454. The molecule has 2 aromatic rings. The van der Waals surface area contributed by atoms with Crippen LogP contribution in [0.5, 0.6) is 11.5 Å². The zero-order valence-corrected chi connectivity index (χ0v) is 21.9. The van der Waals surface area contributed by atoms with Gasteiger partial charge in [0.1, 0.15) is 6.61 Å². The summed E-state index contributed by atoms with van der Waals surface area (Å²) in [7, 11) is 0. The van der Waals surface area contributed by atoms with E-state index >= 15 is 0 Å². The lowest BCUT2D eigenvalue weighted by atomic mass is 10.1. The number of nitrogens with zero attached hydrogens (tertiary/aromatic N) is 3. The molecule has 0 spiro atoms. The number of thioether (sulfide) groups is 1. The SMILES string of the molecule is CCOc1cc(/C=C2/SC(=NC(C)C)N(C(C)C)C2=O)cc(Cl)c1OCc1cccc([N+](=O)[O-])c1. The first kappa shape index (κ1) is 26.6. The van der Waals surface area contributed by atoms with Crippen molar-refractivity contribution in [3.63, 3.8) is 0 Å². The summed E-state index contributed by atoms with van der Waals surface area (Å²) in [5, 5.41) is 12.0. The number of carbonyl (C=O) groups excluding carboxylic acids is 1. The summed E-state index contributed by atoms with van der Waals surface area (Å²) in [6.07, 6.45) is 1.77. The summed E-state index contributed by atoms with van der Waals surface area (Å²) in [5.41, 5.74) is 1.30. The maximum absolute atomic E-state index is 13.1. The number of nitro groups is 1. The summed E-state index contributed by atoms with van der Waals surface area (Å²) in [4.78, 5) is 30.5. The van der Waals surface area contributed by atoms with E-state index < -0.39 is 4.92 Å². The molecule has 0 radical (unpaired) electrons. The molecule has 186 valence electrons. The fraction of sp³-hybridized carbons (Fsp3) is 0.360. The summed E-state index contributed by atoms with van der Waals surface area (Å²) in [6, 6.07) is 9.71. The van der Waals surface area contributed by atoms with Gasteiger partial charge in [-0.2, -0.15) is 0 Å². The van der Waals surface area contributed by atoms with Crippen molar-refractivity contribution in [2.75, 3.05) is 6.61 Å². The molecule has 1 heterocycles. The van der Waals surface area contributed by atoms with Crippen LogP contribution >= 0.6 is 23.4 Å². The van der Waals surface area contributed by atoms with Gasteiger partial charge in [-0.3, -0.25) is 24.8 Å². The van der Waals surface area contributed by atoms with Crippen molar-refractivity contribution in [1.29, 1.82) is 0 Å². The second kappa shape index (κ2) is 11.6. The molecule has 10 heteroatoms. The van der Waals surface area contributed by atoms with Crippen LogP contribution in [0.2, 0.25) is 5.02 Å². The molecule has 0 aliphatic carbocycles. The number of non-ortho nitro benzene ring substituents is 1. The predicted octanol–water partition coefficient (Wildman–Crippen LogP) is 6.32. The Morgan fingerprint density at radius 3 is 2.57 bits per heavy atom. The number of halogens is 1. The molecule has 3 rings (SSSR count). The summed E-state index contributed by atoms with van der Waals surface area (Å²) in [6.45, 7) is 10.1. The van der Waals surface area contributed by atoms with E-state index in [4.69, 9.17) is 21.1 Å². The maximum Gasteiger partial charge on any atom is 0.269 e. The molecule has 1 saturated heterocycles. The van der Waals surface area contributed by atoms with Gasteiger partial charge in [-0.05, 0) is 75.7 Å². The molecule has 0 aromatic heterocycles. The van der Waals surface area contributed by atoms with E-state index in [1.165, 1.54) is 23.9 Å². The van der Waals surface area contributed by atoms with Gasteiger partial charge in [-0.25, -0.2) is 0 Å². The first-order valence-corrected chi connectivity index (χ1v) is 12.4. The lowest BCUT2D eigenvalue weighted by Gasteiger charge is -2.20. The fourth-order valence-electron chi connectivity index (χ4n) is 3.39. The van der Waals surface area contributed by atoms with E-state index in [0.29, 0.717) is 44.3 Å². The molecule has 35 heavy (non-hydrogen) atoms. The Kier molecular flexibility index (Phi) is 8.80. The minimum Gasteiger partial charge on any atom is -0.490 e. The van der Waals surface area contributed by atoms with Gasteiger partial charge < -0.3 is 9.47 Å². The van der Waals surface area contributed by atoms with Crippen LogP contribution in [0.1, 0.15) is 45.7 Å². The average molecular weight is 518 g/mol. The molecule has 0 N–H and O–H groups in total. The van der Waals surface area contributed by atoms with Crippen LogP contribution in [0.4, 0.5) is 5.69 Å². The van der Waals surface area contributed by atoms with Crippen LogP contribution in [-0.2, 0) is 11.4 Å². The van der Waals surface area contributed by atoms with E-state index in [2.05, 4.69) is 4.99 Å². The molecule has 1 amide bonds. The normalized spacial score (nSPS) is 16.1. The zero-order chi connectivity index (χ0) is 25.7.